The van der Waals surface area contributed by atoms with E-state index in [2.05, 4.69) is 5.32 Å². The van der Waals surface area contributed by atoms with E-state index in [0.29, 0.717) is 25.2 Å². The van der Waals surface area contributed by atoms with Gasteiger partial charge in [0.25, 0.3) is 0 Å². The van der Waals surface area contributed by atoms with Crippen molar-refractivity contribution < 1.29 is 12.8 Å². The smallest absolute Gasteiger partial charge is 0.243 e. The molecule has 0 saturated carbocycles. The van der Waals surface area contributed by atoms with E-state index in [1.807, 2.05) is 13.8 Å². The number of benzene rings is 1. The number of piperazine rings is 1. The van der Waals surface area contributed by atoms with Crippen LogP contribution < -0.4 is 5.32 Å². The molecular weight excluding hydrogens is 267 g/mol. The molecule has 106 valence electrons. The molecule has 2 rings (SSSR count). The van der Waals surface area contributed by atoms with Gasteiger partial charge >= 0.3 is 0 Å². The molecule has 0 amide bonds. The highest BCUT2D eigenvalue weighted by molar-refractivity contribution is 7.89. The third kappa shape index (κ3) is 2.66. The fourth-order valence-electron chi connectivity index (χ4n) is 2.43. The molecule has 1 N–H and O–H groups in total. The first-order valence-electron chi connectivity index (χ1n) is 6.25. The van der Waals surface area contributed by atoms with Gasteiger partial charge in [0.05, 0.1) is 4.90 Å². The molecule has 0 radical (unpaired) electrons. The number of aryl methyl sites for hydroxylation is 1. The first-order chi connectivity index (χ1) is 8.75. The number of nitrogens with one attached hydrogen (secondary N) is 1. The fourth-order valence-corrected chi connectivity index (χ4v) is 4.42. The van der Waals surface area contributed by atoms with Crippen molar-refractivity contribution in [2.24, 2.45) is 0 Å². The van der Waals surface area contributed by atoms with Gasteiger partial charge in [0, 0.05) is 25.2 Å². The molecule has 1 heterocycles. The summed E-state index contributed by atoms with van der Waals surface area (Å²) in [5, 5.41) is 3.19. The molecule has 1 aliphatic heterocycles. The van der Waals surface area contributed by atoms with Gasteiger partial charge in [-0.3, -0.25) is 0 Å². The minimum atomic E-state index is -3.59. The maximum absolute atomic E-state index is 13.1. The summed E-state index contributed by atoms with van der Waals surface area (Å²) in [6, 6.07) is 3.79. The molecule has 0 aliphatic carbocycles. The molecule has 1 aromatic rings. The van der Waals surface area contributed by atoms with Gasteiger partial charge in [-0.25, -0.2) is 12.8 Å². The van der Waals surface area contributed by atoms with Crippen LogP contribution in [0.5, 0.6) is 0 Å². The Morgan fingerprint density at radius 3 is 2.63 bits per heavy atom. The Morgan fingerprint density at radius 2 is 2.05 bits per heavy atom. The van der Waals surface area contributed by atoms with Crippen molar-refractivity contribution in [2.45, 2.75) is 31.2 Å². The van der Waals surface area contributed by atoms with Crippen molar-refractivity contribution in [1.29, 1.82) is 0 Å². The van der Waals surface area contributed by atoms with Gasteiger partial charge in [0.15, 0.2) is 0 Å². The highest BCUT2D eigenvalue weighted by Gasteiger charge is 2.39. The van der Waals surface area contributed by atoms with Gasteiger partial charge < -0.3 is 5.32 Å². The average Bonchev–Trinajstić information content (AvgIpc) is 2.27. The van der Waals surface area contributed by atoms with Crippen molar-refractivity contribution in [3.05, 3.63) is 29.6 Å². The predicted molar refractivity (Wildman–Crippen MR) is 72.0 cm³/mol. The number of hydrogen-bond acceptors (Lipinski definition) is 3. The molecule has 19 heavy (non-hydrogen) atoms. The third-order valence-corrected chi connectivity index (χ3v) is 5.70. The summed E-state index contributed by atoms with van der Waals surface area (Å²) in [7, 11) is -3.59. The number of rotatable bonds is 2. The lowest BCUT2D eigenvalue weighted by atomic mass is 10.0. The Morgan fingerprint density at radius 1 is 1.37 bits per heavy atom. The zero-order valence-corrected chi connectivity index (χ0v) is 12.2. The second-order valence-electron chi connectivity index (χ2n) is 5.48. The van der Waals surface area contributed by atoms with Crippen LogP contribution in [-0.2, 0) is 10.0 Å². The average molecular weight is 286 g/mol. The second-order valence-corrected chi connectivity index (χ2v) is 7.31. The standard InChI is InChI=1S/C13H19FN2O2S/c1-10-8-11(14)4-5-12(10)19(17,18)16-7-6-15-9-13(16,2)3/h4-5,8,15H,6-7,9H2,1-3H3. The van der Waals surface area contributed by atoms with Crippen LogP contribution in [0.4, 0.5) is 4.39 Å². The molecule has 1 aliphatic rings. The Balaban J connectivity index is 2.47. The van der Waals surface area contributed by atoms with Crippen molar-refractivity contribution in [2.75, 3.05) is 19.6 Å². The molecule has 0 aromatic heterocycles. The van der Waals surface area contributed by atoms with E-state index >= 15 is 0 Å². The third-order valence-electron chi connectivity index (χ3n) is 3.43. The monoisotopic (exact) mass is 286 g/mol. The molecule has 0 unspecified atom stereocenters. The van der Waals surface area contributed by atoms with E-state index in [4.69, 9.17) is 0 Å². The molecule has 6 heteroatoms. The highest BCUT2D eigenvalue weighted by atomic mass is 32.2. The summed E-state index contributed by atoms with van der Waals surface area (Å²) < 4.78 is 40.0. The number of nitrogens with zero attached hydrogens (tertiary/aromatic N) is 1. The van der Waals surface area contributed by atoms with E-state index in [0.717, 1.165) is 0 Å². The Bertz CT molecular complexity index is 584. The topological polar surface area (TPSA) is 49.4 Å². The zero-order valence-electron chi connectivity index (χ0n) is 11.4. The maximum Gasteiger partial charge on any atom is 0.243 e. The number of halogens is 1. The van der Waals surface area contributed by atoms with Gasteiger partial charge in [-0.05, 0) is 44.5 Å². The molecule has 1 saturated heterocycles. The number of hydrogen-bond donors (Lipinski definition) is 1. The second kappa shape index (κ2) is 4.85. The lowest BCUT2D eigenvalue weighted by molar-refractivity contribution is 0.186. The molecule has 0 spiro atoms. The Labute approximate surface area is 113 Å². The van der Waals surface area contributed by atoms with Crippen LogP contribution in [0.25, 0.3) is 0 Å². The largest absolute Gasteiger partial charge is 0.314 e. The van der Waals surface area contributed by atoms with Crippen LogP contribution in [0.15, 0.2) is 23.1 Å². The van der Waals surface area contributed by atoms with Crippen LogP contribution in [-0.4, -0.2) is 37.9 Å². The summed E-state index contributed by atoms with van der Waals surface area (Å²) >= 11 is 0. The minimum absolute atomic E-state index is 0.184. The molecule has 0 bridgehead atoms. The quantitative estimate of drug-likeness (QED) is 0.896. The van der Waals surface area contributed by atoms with E-state index in [1.165, 1.54) is 22.5 Å². The van der Waals surface area contributed by atoms with E-state index in [9.17, 15) is 12.8 Å². The maximum atomic E-state index is 13.1. The first kappa shape index (κ1) is 14.4. The zero-order chi connectivity index (χ0) is 14.3. The first-order valence-corrected chi connectivity index (χ1v) is 7.69. The lowest BCUT2D eigenvalue weighted by Crippen LogP contribution is -2.59. The lowest BCUT2D eigenvalue weighted by Gasteiger charge is -2.41. The summed E-state index contributed by atoms with van der Waals surface area (Å²) in [4.78, 5) is 0.184. The van der Waals surface area contributed by atoms with Crippen LogP contribution >= 0.6 is 0 Å². The van der Waals surface area contributed by atoms with Gasteiger partial charge in [0.1, 0.15) is 5.82 Å². The summed E-state index contributed by atoms with van der Waals surface area (Å²) in [5.41, 5.74) is -0.0490. The molecule has 0 atom stereocenters. The summed E-state index contributed by atoms with van der Waals surface area (Å²) in [6.45, 7) is 7.04. The van der Waals surface area contributed by atoms with Gasteiger partial charge in [-0.15, -0.1) is 0 Å². The Hall–Kier alpha value is -0.980. The van der Waals surface area contributed by atoms with E-state index in [-0.39, 0.29) is 4.90 Å². The van der Waals surface area contributed by atoms with Crippen molar-refractivity contribution in [3.8, 4) is 0 Å². The normalized spacial score (nSPS) is 20.4. The molecule has 4 nitrogen and oxygen atoms in total. The SMILES string of the molecule is Cc1cc(F)ccc1S(=O)(=O)N1CCNCC1(C)C. The predicted octanol–water partition coefficient (Wildman–Crippen LogP) is 1.51. The highest BCUT2D eigenvalue weighted by Crippen LogP contribution is 2.27. The van der Waals surface area contributed by atoms with Crippen LogP contribution in [0.3, 0.4) is 0 Å². The summed E-state index contributed by atoms with van der Waals surface area (Å²) in [6.07, 6.45) is 0. The summed E-state index contributed by atoms with van der Waals surface area (Å²) in [5.74, 6) is -0.420. The molecule has 1 fully saturated rings. The minimum Gasteiger partial charge on any atom is -0.314 e. The molecular formula is C13H19FN2O2S. The van der Waals surface area contributed by atoms with Crippen molar-refractivity contribution in [1.82, 2.24) is 9.62 Å². The van der Waals surface area contributed by atoms with Crippen LogP contribution in [0.1, 0.15) is 19.4 Å². The number of sulfonamides is 1. The van der Waals surface area contributed by atoms with Crippen molar-refractivity contribution >= 4 is 10.0 Å². The van der Waals surface area contributed by atoms with Gasteiger partial charge in [-0.1, -0.05) is 0 Å². The van der Waals surface area contributed by atoms with E-state index < -0.39 is 21.4 Å². The van der Waals surface area contributed by atoms with E-state index in [1.54, 1.807) is 6.92 Å². The van der Waals surface area contributed by atoms with Crippen molar-refractivity contribution in [3.63, 3.8) is 0 Å². The Kier molecular flexibility index (Phi) is 3.68. The van der Waals surface area contributed by atoms with Gasteiger partial charge in [-0.2, -0.15) is 4.31 Å². The van der Waals surface area contributed by atoms with Gasteiger partial charge in [0.2, 0.25) is 10.0 Å². The van der Waals surface area contributed by atoms with Crippen LogP contribution in [0, 0.1) is 12.7 Å². The molecule has 1 aromatic carbocycles. The fraction of sp³-hybridized carbons (Fsp3) is 0.538. The van der Waals surface area contributed by atoms with Crippen LogP contribution in [0.2, 0.25) is 0 Å².